The van der Waals surface area contributed by atoms with Crippen molar-refractivity contribution in [3.05, 3.63) is 391 Å². The summed E-state index contributed by atoms with van der Waals surface area (Å²) < 4.78 is 14.7. The zero-order valence-corrected chi connectivity index (χ0v) is 89.8. The number of alkyl halides is 1. The Labute approximate surface area is 904 Å². The first kappa shape index (κ1) is 121. The summed E-state index contributed by atoms with van der Waals surface area (Å²) in [5.74, 6) is 2.07. The molecule has 18 aromatic rings. The van der Waals surface area contributed by atoms with Crippen LogP contribution in [0.25, 0.3) is 100 Å². The van der Waals surface area contributed by atoms with Gasteiger partial charge in [0, 0.05) is 85.2 Å². The third-order valence-electron chi connectivity index (χ3n) is 23.1. The summed E-state index contributed by atoms with van der Waals surface area (Å²) in [4.78, 5) is 63.8. The van der Waals surface area contributed by atoms with Crippen molar-refractivity contribution in [3.63, 3.8) is 0 Å². The molecule has 2 aliphatic heterocycles. The Balaban J connectivity index is 0.000000214. The number of fused-ring (bicyclic) bond motifs is 3. The number of aromatic nitrogens is 12. The minimum absolute atomic E-state index is 0. The summed E-state index contributed by atoms with van der Waals surface area (Å²) in [5.41, 5.74) is 40.3. The molecule has 3 atom stereocenters. The first-order chi connectivity index (χ1) is 71.5. The van der Waals surface area contributed by atoms with E-state index >= 15 is 0 Å². The lowest BCUT2D eigenvalue weighted by molar-refractivity contribution is 0.0999. The molecular formula is C118H138BCl2IN20O8. The number of hydrogen-bond donors (Lipinski definition) is 11. The summed E-state index contributed by atoms with van der Waals surface area (Å²) in [7, 11) is 5.31. The fraction of sp³-hybridized carbons (Fsp3) is 0.246. The average molecular weight is 2170 g/mol. The zero-order chi connectivity index (χ0) is 104. The number of nitrogens with one attached hydrogen (secondary N) is 5. The number of aliphatic hydroxyl groups is 2. The fourth-order valence-corrected chi connectivity index (χ4v) is 15.0. The number of nitrogens with zero attached hydrogens (tertiary/aromatic N) is 11. The van der Waals surface area contributed by atoms with Gasteiger partial charge < -0.3 is 89.4 Å². The van der Waals surface area contributed by atoms with Crippen LogP contribution in [0.5, 0.6) is 0 Å². The highest BCUT2D eigenvalue weighted by atomic mass is 127. The molecule has 2 fully saturated rings. The van der Waals surface area contributed by atoms with Gasteiger partial charge in [-0.25, -0.2) is 15.0 Å². The first-order valence-electron chi connectivity index (χ1n) is 49.4. The number of aliphatic hydroxyl groups excluding tert-OH is 2. The van der Waals surface area contributed by atoms with Gasteiger partial charge in [0.15, 0.2) is 45.4 Å². The molecule has 2 saturated heterocycles. The van der Waals surface area contributed by atoms with Gasteiger partial charge in [-0.15, -0.1) is 0 Å². The zero-order valence-electron chi connectivity index (χ0n) is 86.2. The molecule has 150 heavy (non-hydrogen) atoms. The fourth-order valence-electron chi connectivity index (χ4n) is 14.7. The molecule has 1 amide bonds. The van der Waals surface area contributed by atoms with E-state index in [-0.39, 0.29) is 71.1 Å². The lowest BCUT2D eigenvalue weighted by atomic mass is 9.98. The summed E-state index contributed by atoms with van der Waals surface area (Å²) in [6.07, 6.45) is 12.4. The number of primary amides is 1. The number of rotatable bonds is 26. The van der Waals surface area contributed by atoms with Crippen LogP contribution in [0.2, 0.25) is 10.6 Å². The van der Waals surface area contributed by atoms with Gasteiger partial charge in [-0.2, -0.15) is 29.9 Å². The molecule has 0 spiro atoms. The summed E-state index contributed by atoms with van der Waals surface area (Å²) >= 11 is 14.4. The normalized spacial score (nSPS) is 12.2. The minimum Gasteiger partial charge on any atom is -0.412 e. The van der Waals surface area contributed by atoms with E-state index in [0.717, 1.165) is 117 Å². The molecule has 0 bridgehead atoms. The van der Waals surface area contributed by atoms with E-state index < -0.39 is 5.91 Å². The first-order valence-corrected chi connectivity index (χ1v) is 51.4. The lowest BCUT2D eigenvalue weighted by Gasteiger charge is -2.16. The van der Waals surface area contributed by atoms with Crippen molar-refractivity contribution in [3.8, 4) is 66.8 Å². The van der Waals surface area contributed by atoms with Crippen molar-refractivity contribution in [1.29, 1.82) is 0 Å². The quantitative estimate of drug-likeness (QED) is 0.00788. The van der Waals surface area contributed by atoms with Gasteiger partial charge in [0.25, 0.3) is 0 Å². The molecule has 20 N–H and O–H groups in total. The van der Waals surface area contributed by atoms with Crippen LogP contribution in [0, 0.1) is 0 Å². The SMILES string of the molecule is C1CCOC1.CC(C)I.CC(C)n1cnc2c(NCc3ccc(-c4ccccc4)cc3)nc(Cl)nc21.CC[C@@H](N)CO.CC[C@H](CO)Nc1nc(NCc2ccc(-c3ccccc3)cc2)c2ncn(C(C)C)c2n1.Clc1nc(NCc2ccc(-c3ccccc3)cc2)c2[nH]cnc2n1.N.NC(=O)c1ccc(-c2ccccc2)cc1.NCc1ccc(-c2ccccc2)cc1.O.O.O=Cc1ccc(-c2ccccc2)cc1.[B]C1CCCO1. The second kappa shape index (κ2) is 65.5. The van der Waals surface area contributed by atoms with E-state index in [1.807, 2.05) is 181 Å². The smallest absolute Gasteiger partial charge is 0.248 e. The third-order valence-corrected chi connectivity index (χ3v) is 23.4. The van der Waals surface area contributed by atoms with Crippen molar-refractivity contribution < 1.29 is 40.2 Å². The Bertz CT molecular complexity index is 6840. The average Bonchev–Trinajstić information content (AvgIpc) is 1.64. The predicted octanol–water partition coefficient (Wildman–Crippen LogP) is 24.1. The van der Waals surface area contributed by atoms with Gasteiger partial charge in [-0.1, -0.05) is 366 Å². The maximum absolute atomic E-state index is 10.9. The Morgan fingerprint density at radius 2 is 0.813 bits per heavy atom. The van der Waals surface area contributed by atoms with Gasteiger partial charge in [-0.3, -0.25) is 9.59 Å². The molecule has 28 nitrogen and oxygen atoms in total. The largest absolute Gasteiger partial charge is 0.412 e. The number of anilines is 4. The molecule has 0 saturated carbocycles. The van der Waals surface area contributed by atoms with Crippen molar-refractivity contribution in [2.45, 2.75) is 154 Å². The molecule has 2 aliphatic rings. The Kier molecular flexibility index (Phi) is 52.8. The van der Waals surface area contributed by atoms with E-state index in [1.54, 1.807) is 31.1 Å². The van der Waals surface area contributed by atoms with Crippen molar-refractivity contribution in [1.82, 2.24) is 65.1 Å². The molecule has 0 aliphatic carbocycles. The highest BCUT2D eigenvalue weighted by Crippen LogP contribution is 2.31. The Morgan fingerprint density at radius 1 is 0.467 bits per heavy atom. The number of carbonyl (C=O) groups excluding carboxylic acids is 2. The molecule has 782 valence electrons. The van der Waals surface area contributed by atoms with E-state index in [4.69, 9.17) is 62.8 Å². The predicted molar refractivity (Wildman–Crippen MR) is 624 cm³/mol. The number of nitrogens with two attached hydrogens (primary N) is 3. The number of hydrogen-bond acceptors (Lipinski definition) is 22. The standard InChI is InChI=1S/C25H30N6O.C21H20ClN5.C18H14ClN5.C13H11NO.C13H13N.C13H10O.C4H7BO.C4H11NO.C4H8O.C3H7I.H3N.2H2O/c1-4-21(15-32)28-25-29-23(22-24(30-25)31(16-27-22)17(2)3)26-14-18-10-12-20(13-11-18)19-8-6-5-7-9-19;1-14(2)27-13-24-18-19(25-21(22)26-20(18)27)23-12-15-8-10-17(11-9-15)16-6-4-3-5-7-16;19-18-23-16(15-17(24-18)22-11-21-15)20-10-12-6-8-14(9-7-12)13-4-2-1-3-5-13;14-13(15)12-8-6-11(7-9-12)10-4-2-1-3-5-10;2*14-10-11-6-8-13(9-7-11)12-4-2-1-3-5-12;5-4-2-1-3-6-4;1-2-4(5)3-6;1-2-4-5-3-1;1-3(2)4;;;/h5-13,16-17,21,32H,4,14-15H2,1-3H3,(H2,26,28,29,30);3-11,13-14H,12H2,1-2H3,(H,23,25,26);1-9,11H,10H2,(H2,20,21,22,23,24);1-9H,(H2,14,15);1-9H,10,14H2;1-10H;4H,1-3H2;4,6H,2-3,5H2,1H3;1-4H2;3H,1-2H3;1H3;2*1H2/t21-;;;;;;;4-;;;;;/m1......1...../s1. The number of benzene rings is 12. The van der Waals surface area contributed by atoms with Crippen molar-refractivity contribution >= 4 is 123 Å². The molecule has 8 heterocycles. The van der Waals surface area contributed by atoms with Crippen LogP contribution in [0.1, 0.15) is 149 Å². The van der Waals surface area contributed by atoms with Crippen LogP contribution in [0.3, 0.4) is 0 Å². The topological polar surface area (TPSA) is 459 Å². The second-order valence-electron chi connectivity index (χ2n) is 35.1. The van der Waals surface area contributed by atoms with E-state index in [9.17, 15) is 14.7 Å². The van der Waals surface area contributed by atoms with Gasteiger partial charge >= 0.3 is 0 Å². The molecule has 6 aromatic heterocycles. The third kappa shape index (κ3) is 39.3. The highest BCUT2D eigenvalue weighted by Gasteiger charge is 2.20. The minimum atomic E-state index is -0.394. The van der Waals surface area contributed by atoms with Crippen LogP contribution < -0.4 is 44.6 Å². The van der Waals surface area contributed by atoms with Gasteiger partial charge in [-0.05, 0) is 191 Å². The molecular weight excluding hydrogens is 2030 g/mol. The van der Waals surface area contributed by atoms with Crippen molar-refractivity contribution in [2.24, 2.45) is 17.2 Å². The molecule has 2 radical (unpaired) electrons. The second-order valence-corrected chi connectivity index (χ2v) is 38.3. The number of amides is 1. The van der Waals surface area contributed by atoms with Gasteiger partial charge in [0.2, 0.25) is 22.4 Å². The van der Waals surface area contributed by atoms with Gasteiger partial charge in [0.05, 0.1) is 38.2 Å². The number of H-pyrrole nitrogens is 1. The maximum atomic E-state index is 10.9. The molecule has 12 aromatic carbocycles. The number of aromatic amines is 1. The lowest BCUT2D eigenvalue weighted by Crippen LogP contribution is -2.24. The Hall–Kier alpha value is -14.4. The molecule has 32 heteroatoms. The maximum Gasteiger partial charge on any atom is 0.248 e. The Morgan fingerprint density at radius 3 is 1.12 bits per heavy atom. The van der Waals surface area contributed by atoms with Crippen LogP contribution in [0.15, 0.2) is 347 Å². The van der Waals surface area contributed by atoms with E-state index in [1.165, 1.54) is 68.5 Å². The summed E-state index contributed by atoms with van der Waals surface area (Å²) in [6, 6.07) is 110. The van der Waals surface area contributed by atoms with Gasteiger partial charge in [0.1, 0.15) is 19.6 Å². The van der Waals surface area contributed by atoms with Crippen LogP contribution in [-0.4, -0.2) is 155 Å². The highest BCUT2D eigenvalue weighted by molar-refractivity contribution is 14.1. The number of imidazole rings is 3. The monoisotopic (exact) mass is 2170 g/mol. The number of aldehydes is 1. The van der Waals surface area contributed by atoms with Crippen LogP contribution >= 0.6 is 45.8 Å². The molecule has 1 unspecified atom stereocenters. The van der Waals surface area contributed by atoms with E-state index in [0.29, 0.717) is 66.4 Å². The summed E-state index contributed by atoms with van der Waals surface area (Å²) in [6.45, 7) is 22.1. The van der Waals surface area contributed by atoms with E-state index in [2.05, 4.69) is 293 Å². The van der Waals surface area contributed by atoms with Crippen LogP contribution in [0.4, 0.5) is 23.4 Å². The van der Waals surface area contributed by atoms with Crippen molar-refractivity contribution in [2.75, 3.05) is 54.3 Å². The van der Waals surface area contributed by atoms with Crippen LogP contribution in [-0.2, 0) is 35.7 Å². The number of carbonyl (C=O) groups is 2. The summed E-state index contributed by atoms with van der Waals surface area (Å²) in [5, 5.41) is 31.5. The molecule has 20 rings (SSSR count). The number of ether oxygens (including phenoxy) is 2. The number of halogens is 3.